The van der Waals surface area contributed by atoms with Gasteiger partial charge in [-0.3, -0.25) is 14.5 Å². The molecule has 0 radical (unpaired) electrons. The second kappa shape index (κ2) is 6.45. The van der Waals surface area contributed by atoms with Crippen LogP contribution in [0.3, 0.4) is 0 Å². The van der Waals surface area contributed by atoms with E-state index in [2.05, 4.69) is 0 Å². The van der Waals surface area contributed by atoms with E-state index in [9.17, 15) is 14.4 Å². The van der Waals surface area contributed by atoms with Crippen LogP contribution in [0.1, 0.15) is 29.6 Å². The Morgan fingerprint density at radius 3 is 2.25 bits per heavy atom. The summed E-state index contributed by atoms with van der Waals surface area (Å²) in [5, 5.41) is 0.548. The Hall–Kier alpha value is -2.66. The summed E-state index contributed by atoms with van der Waals surface area (Å²) in [6.07, 6.45) is 3.06. The molecule has 0 N–H and O–H groups in total. The third-order valence-corrected chi connectivity index (χ3v) is 6.54. The molecule has 3 fully saturated rings. The van der Waals surface area contributed by atoms with Gasteiger partial charge in [-0.05, 0) is 73.6 Å². The molecule has 2 bridgehead atoms. The Bertz CT molecular complexity index is 958. The number of hydrogen-bond acceptors (Lipinski definition) is 4. The first-order valence-corrected chi connectivity index (χ1v) is 9.86. The van der Waals surface area contributed by atoms with Gasteiger partial charge in [0.1, 0.15) is 5.75 Å². The van der Waals surface area contributed by atoms with E-state index in [1.54, 1.807) is 48.5 Å². The largest absolute Gasteiger partial charge is 0.423 e. The average Bonchev–Trinajstić information content (AvgIpc) is 3.37. The Balaban J connectivity index is 1.40. The molecule has 1 heterocycles. The fraction of sp³-hybridized carbons (Fsp3) is 0.318. The van der Waals surface area contributed by atoms with Crippen molar-refractivity contribution in [3.8, 4) is 5.75 Å². The van der Waals surface area contributed by atoms with E-state index in [-0.39, 0.29) is 29.2 Å². The van der Waals surface area contributed by atoms with Crippen LogP contribution in [-0.4, -0.2) is 17.8 Å². The molecule has 0 spiro atoms. The van der Waals surface area contributed by atoms with Crippen LogP contribution < -0.4 is 9.64 Å². The smallest absolute Gasteiger partial charge is 0.343 e. The first kappa shape index (κ1) is 17.4. The molecule has 1 saturated heterocycles. The molecule has 2 saturated carbocycles. The molecule has 0 unspecified atom stereocenters. The maximum Gasteiger partial charge on any atom is 0.343 e. The molecule has 2 aromatic carbocycles. The van der Waals surface area contributed by atoms with Crippen molar-refractivity contribution in [2.45, 2.75) is 19.3 Å². The lowest BCUT2D eigenvalue weighted by molar-refractivity contribution is -0.123. The number of imide groups is 1. The topological polar surface area (TPSA) is 63.7 Å². The number of rotatable bonds is 3. The van der Waals surface area contributed by atoms with E-state index >= 15 is 0 Å². The number of anilines is 1. The van der Waals surface area contributed by atoms with Gasteiger partial charge in [0.25, 0.3) is 0 Å². The van der Waals surface area contributed by atoms with Gasteiger partial charge in [0.05, 0.1) is 23.1 Å². The second-order valence-corrected chi connectivity index (χ2v) is 8.23. The first-order valence-electron chi connectivity index (χ1n) is 9.48. The summed E-state index contributed by atoms with van der Waals surface area (Å²) in [5.41, 5.74) is 0.724. The van der Waals surface area contributed by atoms with Crippen molar-refractivity contribution in [1.82, 2.24) is 0 Å². The van der Waals surface area contributed by atoms with Crippen molar-refractivity contribution in [2.75, 3.05) is 4.90 Å². The van der Waals surface area contributed by atoms with Crippen molar-refractivity contribution in [3.63, 3.8) is 0 Å². The third-order valence-electron chi connectivity index (χ3n) is 6.29. The number of ether oxygens (including phenoxy) is 1. The zero-order valence-electron chi connectivity index (χ0n) is 15.0. The van der Waals surface area contributed by atoms with E-state index in [0.717, 1.165) is 19.3 Å². The van der Waals surface area contributed by atoms with Crippen molar-refractivity contribution in [2.24, 2.45) is 23.7 Å². The zero-order valence-corrected chi connectivity index (χ0v) is 15.8. The Kier molecular flexibility index (Phi) is 4.02. The Morgan fingerprint density at radius 1 is 0.964 bits per heavy atom. The number of benzene rings is 2. The van der Waals surface area contributed by atoms with Gasteiger partial charge < -0.3 is 4.74 Å². The van der Waals surface area contributed by atoms with E-state index in [4.69, 9.17) is 16.3 Å². The highest BCUT2D eigenvalue weighted by molar-refractivity contribution is 6.30. The highest BCUT2D eigenvalue weighted by atomic mass is 35.5. The summed E-state index contributed by atoms with van der Waals surface area (Å²) in [5.74, 6) is -0.130. The second-order valence-electron chi connectivity index (χ2n) is 7.79. The fourth-order valence-corrected chi connectivity index (χ4v) is 5.23. The molecule has 4 atom stereocenters. The summed E-state index contributed by atoms with van der Waals surface area (Å²) >= 11 is 5.84. The van der Waals surface area contributed by atoms with Gasteiger partial charge in [-0.1, -0.05) is 17.7 Å². The SMILES string of the molecule is O=C(Oc1ccc(Cl)cc1)c1cccc(N2C(=O)[C@@H]3[C@H]4CC[C@H](C4)[C@@H]3C2=O)c1. The van der Waals surface area contributed by atoms with Crippen LogP contribution in [0.4, 0.5) is 5.69 Å². The highest BCUT2D eigenvalue weighted by Gasteiger charge is 2.61. The van der Waals surface area contributed by atoms with E-state index in [1.807, 2.05) is 0 Å². The molecule has 28 heavy (non-hydrogen) atoms. The Morgan fingerprint density at radius 2 is 1.61 bits per heavy atom. The van der Waals surface area contributed by atoms with Crippen molar-refractivity contribution >= 4 is 35.1 Å². The molecule has 3 aliphatic rings. The normalized spacial score (nSPS) is 28.0. The molecule has 5 nitrogen and oxygen atoms in total. The quantitative estimate of drug-likeness (QED) is 0.446. The average molecular weight is 396 g/mol. The zero-order chi connectivity index (χ0) is 19.4. The van der Waals surface area contributed by atoms with Crippen LogP contribution >= 0.6 is 11.6 Å². The summed E-state index contributed by atoms with van der Waals surface area (Å²) in [4.78, 5) is 39.7. The monoisotopic (exact) mass is 395 g/mol. The standard InChI is InChI=1S/C22H18ClNO4/c23-15-6-8-17(9-7-15)28-22(27)14-2-1-3-16(11-14)24-20(25)18-12-4-5-13(10-12)19(18)21(24)26/h1-3,6-9,11-13,18-19H,4-5,10H2/t12-,13+,18+,19-. The maximum atomic E-state index is 13.0. The maximum absolute atomic E-state index is 13.0. The van der Waals surface area contributed by atoms with Crippen molar-refractivity contribution in [3.05, 3.63) is 59.1 Å². The fourth-order valence-electron chi connectivity index (χ4n) is 5.10. The number of halogens is 1. The van der Waals surface area contributed by atoms with Gasteiger partial charge in [-0.15, -0.1) is 0 Å². The molecule has 1 aliphatic heterocycles. The molecule has 2 aliphatic carbocycles. The number of carbonyl (C=O) groups is 3. The van der Waals surface area contributed by atoms with Crippen LogP contribution in [0.15, 0.2) is 48.5 Å². The van der Waals surface area contributed by atoms with Crippen LogP contribution in [0, 0.1) is 23.7 Å². The molecule has 0 aromatic heterocycles. The van der Waals surface area contributed by atoms with Crippen LogP contribution in [0.2, 0.25) is 5.02 Å². The minimum atomic E-state index is -0.552. The first-order chi connectivity index (χ1) is 13.5. The lowest BCUT2D eigenvalue weighted by atomic mass is 9.81. The summed E-state index contributed by atoms with van der Waals surface area (Å²) in [6.45, 7) is 0. The minimum absolute atomic E-state index is 0.120. The summed E-state index contributed by atoms with van der Waals surface area (Å²) in [6, 6.07) is 13.0. The lowest BCUT2D eigenvalue weighted by Crippen LogP contribution is -2.32. The van der Waals surface area contributed by atoms with Gasteiger partial charge >= 0.3 is 5.97 Å². The molecular weight excluding hydrogens is 378 g/mol. The van der Waals surface area contributed by atoms with Crippen molar-refractivity contribution in [1.29, 1.82) is 0 Å². The predicted molar refractivity (Wildman–Crippen MR) is 103 cm³/mol. The van der Waals surface area contributed by atoms with Gasteiger partial charge in [0, 0.05) is 5.02 Å². The van der Waals surface area contributed by atoms with E-state index in [0.29, 0.717) is 28.3 Å². The van der Waals surface area contributed by atoms with Crippen LogP contribution in [0.25, 0.3) is 0 Å². The van der Waals surface area contributed by atoms with Gasteiger partial charge in [-0.2, -0.15) is 0 Å². The summed E-state index contributed by atoms with van der Waals surface area (Å²) < 4.78 is 5.36. The number of nitrogens with zero attached hydrogens (tertiary/aromatic N) is 1. The van der Waals surface area contributed by atoms with Crippen LogP contribution in [-0.2, 0) is 9.59 Å². The highest BCUT2D eigenvalue weighted by Crippen LogP contribution is 2.56. The minimum Gasteiger partial charge on any atom is -0.423 e. The number of carbonyl (C=O) groups excluding carboxylic acids is 3. The Labute approximate surface area is 167 Å². The van der Waals surface area contributed by atoms with E-state index in [1.165, 1.54) is 4.90 Å². The van der Waals surface area contributed by atoms with Gasteiger partial charge in [0.2, 0.25) is 11.8 Å². The number of fused-ring (bicyclic) bond motifs is 5. The number of hydrogen-bond donors (Lipinski definition) is 0. The summed E-state index contributed by atoms with van der Waals surface area (Å²) in [7, 11) is 0. The van der Waals surface area contributed by atoms with E-state index < -0.39 is 5.97 Å². The lowest BCUT2D eigenvalue weighted by Gasteiger charge is -2.19. The van der Waals surface area contributed by atoms with Gasteiger partial charge in [-0.25, -0.2) is 4.79 Å². The van der Waals surface area contributed by atoms with Gasteiger partial charge in [0.15, 0.2) is 0 Å². The molecule has 6 heteroatoms. The predicted octanol–water partition coefficient (Wildman–Crippen LogP) is 4.09. The van der Waals surface area contributed by atoms with Crippen LogP contribution in [0.5, 0.6) is 5.75 Å². The molecule has 2 amide bonds. The number of esters is 1. The molecule has 142 valence electrons. The number of amides is 2. The molecular formula is C22H18ClNO4. The molecule has 5 rings (SSSR count). The van der Waals surface area contributed by atoms with Crippen molar-refractivity contribution < 1.29 is 19.1 Å². The third kappa shape index (κ3) is 2.65. The molecule has 2 aromatic rings.